The molecule has 4 N–H and O–H groups in total. The van der Waals surface area contributed by atoms with Gasteiger partial charge in [0.25, 0.3) is 0 Å². The van der Waals surface area contributed by atoms with Gasteiger partial charge in [0.1, 0.15) is 12.6 Å². The number of carboxylic acids is 1. The van der Waals surface area contributed by atoms with Crippen molar-refractivity contribution in [3.05, 3.63) is 0 Å². The quantitative estimate of drug-likeness (QED) is 0.562. The Balaban J connectivity index is 2.40. The lowest BCUT2D eigenvalue weighted by Crippen LogP contribution is -2.55. The number of hydrogen-bond donors (Lipinski definition) is 3. The van der Waals surface area contributed by atoms with Gasteiger partial charge in [-0.3, -0.25) is 4.79 Å². The standard InChI is InChI=1S/C12H21N3O5/c1-8-3-2-5-15(10(8)11(17)18)12(19)14-4-6-20-7-9(13)16/h8,10H,2-7H2,1H3,(H2,13,16)(H,14,19)(H,17,18). The van der Waals surface area contributed by atoms with E-state index in [1.54, 1.807) is 0 Å². The van der Waals surface area contributed by atoms with E-state index in [4.69, 9.17) is 10.5 Å². The molecule has 0 bridgehead atoms. The zero-order chi connectivity index (χ0) is 15.1. The van der Waals surface area contributed by atoms with Gasteiger partial charge in [0.15, 0.2) is 0 Å². The summed E-state index contributed by atoms with van der Waals surface area (Å²) in [6.07, 6.45) is 1.58. The molecule has 2 unspecified atom stereocenters. The lowest BCUT2D eigenvalue weighted by molar-refractivity contribution is -0.145. The monoisotopic (exact) mass is 287 g/mol. The van der Waals surface area contributed by atoms with Gasteiger partial charge in [-0.05, 0) is 18.8 Å². The molecule has 1 saturated heterocycles. The molecular formula is C12H21N3O5. The number of carbonyl (C=O) groups excluding carboxylic acids is 2. The van der Waals surface area contributed by atoms with Crippen molar-refractivity contribution < 1.29 is 24.2 Å². The van der Waals surface area contributed by atoms with Crippen LogP contribution in [0.5, 0.6) is 0 Å². The number of carbonyl (C=O) groups is 3. The Hall–Kier alpha value is -1.83. The van der Waals surface area contributed by atoms with E-state index in [9.17, 15) is 19.5 Å². The zero-order valence-electron chi connectivity index (χ0n) is 11.5. The first-order chi connectivity index (χ1) is 9.43. The van der Waals surface area contributed by atoms with Crippen LogP contribution in [0.25, 0.3) is 0 Å². The highest BCUT2D eigenvalue weighted by Crippen LogP contribution is 2.23. The number of nitrogens with zero attached hydrogens (tertiary/aromatic N) is 1. The van der Waals surface area contributed by atoms with Crippen LogP contribution < -0.4 is 11.1 Å². The number of carboxylic acid groups (broad SMARTS) is 1. The average molecular weight is 287 g/mol. The smallest absolute Gasteiger partial charge is 0.326 e. The summed E-state index contributed by atoms with van der Waals surface area (Å²) >= 11 is 0. The minimum absolute atomic E-state index is 0.0712. The summed E-state index contributed by atoms with van der Waals surface area (Å²) in [5.74, 6) is -1.64. The molecule has 1 fully saturated rings. The van der Waals surface area contributed by atoms with Gasteiger partial charge < -0.3 is 25.8 Å². The average Bonchev–Trinajstić information content (AvgIpc) is 2.36. The molecule has 20 heavy (non-hydrogen) atoms. The van der Waals surface area contributed by atoms with Gasteiger partial charge in [0, 0.05) is 13.1 Å². The molecule has 0 radical (unpaired) electrons. The van der Waals surface area contributed by atoms with E-state index in [0.717, 1.165) is 12.8 Å². The van der Waals surface area contributed by atoms with Crippen molar-refractivity contribution in [3.63, 3.8) is 0 Å². The van der Waals surface area contributed by atoms with Crippen LogP contribution in [0.1, 0.15) is 19.8 Å². The van der Waals surface area contributed by atoms with E-state index in [-0.39, 0.29) is 25.7 Å². The molecule has 3 amide bonds. The SMILES string of the molecule is CC1CCCN(C(=O)NCCOCC(N)=O)C1C(=O)O. The Kier molecular flexibility index (Phi) is 6.23. The third-order valence-corrected chi connectivity index (χ3v) is 3.21. The normalized spacial score (nSPS) is 22.4. The maximum Gasteiger partial charge on any atom is 0.326 e. The molecule has 0 saturated carbocycles. The predicted octanol–water partition coefficient (Wildman–Crippen LogP) is -0.617. The fraction of sp³-hybridized carbons (Fsp3) is 0.750. The van der Waals surface area contributed by atoms with Gasteiger partial charge in [-0.15, -0.1) is 0 Å². The van der Waals surface area contributed by atoms with Gasteiger partial charge >= 0.3 is 12.0 Å². The van der Waals surface area contributed by atoms with Crippen molar-refractivity contribution in [2.24, 2.45) is 11.7 Å². The van der Waals surface area contributed by atoms with Gasteiger partial charge in [-0.1, -0.05) is 6.92 Å². The molecule has 1 aliphatic rings. The number of hydrogen-bond acceptors (Lipinski definition) is 4. The van der Waals surface area contributed by atoms with E-state index in [2.05, 4.69) is 5.32 Å². The second-order valence-corrected chi connectivity index (χ2v) is 4.85. The molecule has 0 spiro atoms. The second kappa shape index (κ2) is 7.68. The van der Waals surface area contributed by atoms with Crippen LogP contribution in [0.4, 0.5) is 4.79 Å². The third-order valence-electron chi connectivity index (χ3n) is 3.21. The molecule has 0 aliphatic carbocycles. The molecule has 0 aromatic carbocycles. The molecule has 8 heteroatoms. The second-order valence-electron chi connectivity index (χ2n) is 4.85. The molecule has 2 atom stereocenters. The molecule has 0 aromatic heterocycles. The van der Waals surface area contributed by atoms with Crippen LogP contribution >= 0.6 is 0 Å². The number of primary amides is 1. The molecule has 1 aliphatic heterocycles. The molecule has 8 nitrogen and oxygen atoms in total. The maximum absolute atomic E-state index is 12.0. The first-order valence-electron chi connectivity index (χ1n) is 6.56. The van der Waals surface area contributed by atoms with Gasteiger partial charge in [-0.25, -0.2) is 9.59 Å². The summed E-state index contributed by atoms with van der Waals surface area (Å²) < 4.78 is 4.90. The van der Waals surface area contributed by atoms with E-state index in [1.807, 2.05) is 6.92 Å². The van der Waals surface area contributed by atoms with Gasteiger partial charge in [0.2, 0.25) is 5.91 Å². The fourth-order valence-corrected chi connectivity index (χ4v) is 2.30. The minimum atomic E-state index is -0.989. The fourth-order valence-electron chi connectivity index (χ4n) is 2.30. The number of nitrogens with one attached hydrogen (secondary N) is 1. The van der Waals surface area contributed by atoms with Crippen molar-refractivity contribution >= 4 is 17.9 Å². The van der Waals surface area contributed by atoms with Crippen LogP contribution in [0, 0.1) is 5.92 Å². The highest BCUT2D eigenvalue weighted by molar-refractivity contribution is 5.83. The number of urea groups is 1. The minimum Gasteiger partial charge on any atom is -0.480 e. The zero-order valence-corrected chi connectivity index (χ0v) is 11.5. The first kappa shape index (κ1) is 16.2. The third kappa shape index (κ3) is 4.69. The summed E-state index contributed by atoms with van der Waals surface area (Å²) in [6.45, 7) is 2.40. The van der Waals surface area contributed by atoms with E-state index < -0.39 is 23.9 Å². The van der Waals surface area contributed by atoms with Crippen LogP contribution in [0.3, 0.4) is 0 Å². The number of piperidine rings is 1. The molecule has 1 rings (SSSR count). The number of rotatable bonds is 6. The van der Waals surface area contributed by atoms with Crippen LogP contribution in [-0.4, -0.2) is 60.3 Å². The van der Waals surface area contributed by atoms with Gasteiger partial charge in [-0.2, -0.15) is 0 Å². The Morgan fingerprint density at radius 3 is 2.75 bits per heavy atom. The van der Waals surface area contributed by atoms with Crippen LogP contribution in [-0.2, 0) is 14.3 Å². The van der Waals surface area contributed by atoms with Crippen LogP contribution in [0.15, 0.2) is 0 Å². The summed E-state index contributed by atoms with van der Waals surface area (Å²) in [5.41, 5.74) is 4.89. The highest BCUT2D eigenvalue weighted by atomic mass is 16.5. The summed E-state index contributed by atoms with van der Waals surface area (Å²) in [5, 5.41) is 11.8. The summed E-state index contributed by atoms with van der Waals surface area (Å²) in [7, 11) is 0. The molecular weight excluding hydrogens is 266 g/mol. The van der Waals surface area contributed by atoms with Gasteiger partial charge in [0.05, 0.1) is 6.61 Å². The van der Waals surface area contributed by atoms with Crippen molar-refractivity contribution in [3.8, 4) is 0 Å². The molecule has 1 heterocycles. The Labute approximate surface area is 117 Å². The number of likely N-dealkylation sites (tertiary alicyclic amines) is 1. The highest BCUT2D eigenvalue weighted by Gasteiger charge is 2.36. The van der Waals surface area contributed by atoms with E-state index >= 15 is 0 Å². The molecule has 0 aromatic rings. The summed E-state index contributed by atoms with van der Waals surface area (Å²) in [6, 6.07) is -1.22. The topological polar surface area (TPSA) is 122 Å². The van der Waals surface area contributed by atoms with Crippen molar-refractivity contribution in [1.29, 1.82) is 0 Å². The Morgan fingerprint density at radius 1 is 1.45 bits per heavy atom. The number of ether oxygens (including phenoxy) is 1. The number of amides is 3. The lowest BCUT2D eigenvalue weighted by Gasteiger charge is -2.37. The predicted molar refractivity (Wildman–Crippen MR) is 69.9 cm³/mol. The van der Waals surface area contributed by atoms with E-state index in [0.29, 0.717) is 6.54 Å². The van der Waals surface area contributed by atoms with Crippen molar-refractivity contribution in [2.45, 2.75) is 25.8 Å². The Bertz CT molecular complexity index is 374. The summed E-state index contributed by atoms with van der Waals surface area (Å²) in [4.78, 5) is 35.0. The van der Waals surface area contributed by atoms with Crippen molar-refractivity contribution in [2.75, 3.05) is 26.3 Å². The first-order valence-corrected chi connectivity index (χ1v) is 6.56. The largest absolute Gasteiger partial charge is 0.480 e. The van der Waals surface area contributed by atoms with Crippen molar-refractivity contribution in [1.82, 2.24) is 10.2 Å². The number of nitrogens with two attached hydrogens (primary N) is 1. The lowest BCUT2D eigenvalue weighted by atomic mass is 9.91. The van der Waals surface area contributed by atoms with Crippen LogP contribution in [0.2, 0.25) is 0 Å². The molecule has 114 valence electrons. The maximum atomic E-state index is 12.0. The van der Waals surface area contributed by atoms with E-state index in [1.165, 1.54) is 4.90 Å². The number of aliphatic carboxylic acids is 1. The Morgan fingerprint density at radius 2 is 2.15 bits per heavy atom.